The number of aromatic amines is 1. The molecule has 28 heavy (non-hydrogen) atoms. The van der Waals surface area contributed by atoms with E-state index >= 15 is 0 Å². The number of H-pyrrole nitrogens is 1. The van der Waals surface area contributed by atoms with E-state index in [2.05, 4.69) is 30.8 Å². The third-order valence-electron chi connectivity index (χ3n) is 4.31. The Hall–Kier alpha value is -3.46. The zero-order chi connectivity index (χ0) is 19.7. The van der Waals surface area contributed by atoms with Crippen LogP contribution in [0.1, 0.15) is 18.5 Å². The number of halogens is 1. The molecule has 4 rings (SSSR count). The van der Waals surface area contributed by atoms with Crippen molar-refractivity contribution < 1.29 is 4.74 Å². The van der Waals surface area contributed by atoms with Crippen molar-refractivity contribution >= 4 is 28.3 Å². The van der Waals surface area contributed by atoms with Crippen LogP contribution >= 0.6 is 11.6 Å². The molecule has 2 N–H and O–H groups in total. The average molecular weight is 398 g/mol. The molecule has 0 aliphatic rings. The summed E-state index contributed by atoms with van der Waals surface area (Å²) in [5.41, 5.74) is 2.34. The van der Waals surface area contributed by atoms with Gasteiger partial charge in [0.15, 0.2) is 0 Å². The van der Waals surface area contributed by atoms with E-state index in [4.69, 9.17) is 16.3 Å². The third-order valence-corrected chi connectivity index (χ3v) is 4.52. The number of aromatic nitrogens is 6. The van der Waals surface area contributed by atoms with Gasteiger partial charge in [-0.3, -0.25) is 4.79 Å². The monoisotopic (exact) mass is 397 g/mol. The van der Waals surface area contributed by atoms with Crippen LogP contribution in [0.15, 0.2) is 47.7 Å². The lowest BCUT2D eigenvalue weighted by Gasteiger charge is -2.17. The van der Waals surface area contributed by atoms with Crippen molar-refractivity contribution in [3.8, 4) is 11.4 Å². The second-order valence-electron chi connectivity index (χ2n) is 6.15. The molecular weight excluding hydrogens is 382 g/mol. The molecule has 0 aliphatic carbocycles. The van der Waals surface area contributed by atoms with Crippen LogP contribution in [-0.2, 0) is 0 Å². The maximum absolute atomic E-state index is 12.5. The second kappa shape index (κ2) is 7.28. The van der Waals surface area contributed by atoms with E-state index in [9.17, 15) is 4.79 Å². The minimum Gasteiger partial charge on any atom is -0.494 e. The van der Waals surface area contributed by atoms with E-state index in [-0.39, 0.29) is 11.6 Å². The van der Waals surface area contributed by atoms with E-state index in [0.29, 0.717) is 27.7 Å². The number of pyridine rings is 2. The first-order valence-corrected chi connectivity index (χ1v) is 8.79. The highest BCUT2D eigenvalue weighted by Gasteiger charge is 2.14. The first kappa shape index (κ1) is 17.9. The molecule has 1 atom stereocenters. The van der Waals surface area contributed by atoms with Crippen molar-refractivity contribution in [3.05, 3.63) is 63.8 Å². The van der Waals surface area contributed by atoms with Crippen molar-refractivity contribution in [1.82, 2.24) is 30.2 Å². The summed E-state index contributed by atoms with van der Waals surface area (Å²) in [4.78, 5) is 19.4. The predicted molar refractivity (Wildman–Crippen MR) is 105 cm³/mol. The number of ether oxygens (including phenoxy) is 1. The lowest BCUT2D eigenvalue weighted by Crippen LogP contribution is -2.19. The van der Waals surface area contributed by atoms with Gasteiger partial charge in [0, 0.05) is 28.9 Å². The number of nitrogens with one attached hydrogen (secondary N) is 2. The van der Waals surface area contributed by atoms with Crippen molar-refractivity contribution in [2.45, 2.75) is 13.0 Å². The molecule has 9 nitrogen and oxygen atoms in total. The maximum atomic E-state index is 12.5. The van der Waals surface area contributed by atoms with Crippen molar-refractivity contribution in [1.29, 1.82) is 0 Å². The molecule has 10 heteroatoms. The largest absolute Gasteiger partial charge is 0.494 e. The van der Waals surface area contributed by atoms with Crippen LogP contribution < -0.4 is 15.6 Å². The van der Waals surface area contributed by atoms with Gasteiger partial charge in [-0.1, -0.05) is 11.6 Å². The Balaban J connectivity index is 1.65. The fourth-order valence-corrected chi connectivity index (χ4v) is 3.13. The number of tetrazole rings is 1. The Labute approximate surface area is 164 Å². The number of hydrogen-bond donors (Lipinski definition) is 2. The first-order chi connectivity index (χ1) is 13.5. The molecule has 0 radical (unpaired) electrons. The van der Waals surface area contributed by atoms with Gasteiger partial charge < -0.3 is 15.0 Å². The second-order valence-corrected chi connectivity index (χ2v) is 6.59. The highest BCUT2D eigenvalue weighted by atomic mass is 35.5. The standard InChI is InChI=1S/C18H16ClN7O2/c1-10(14-6-11-5-12(19)8-20-17(11)23-18(14)27)22-13-3-4-15(16(7-13)28-2)26-9-21-24-25-26/h3-10,22H,1-2H3,(H,20,23,27). The lowest BCUT2D eigenvalue weighted by atomic mass is 10.1. The van der Waals surface area contributed by atoms with Crippen LogP contribution in [0, 0.1) is 0 Å². The van der Waals surface area contributed by atoms with Crippen LogP contribution in [-0.4, -0.2) is 37.3 Å². The average Bonchev–Trinajstić information content (AvgIpc) is 3.22. The maximum Gasteiger partial charge on any atom is 0.254 e. The number of fused-ring (bicyclic) bond motifs is 1. The Morgan fingerprint density at radius 1 is 1.29 bits per heavy atom. The fourth-order valence-electron chi connectivity index (χ4n) is 2.96. The molecule has 0 spiro atoms. The number of hydrogen-bond acceptors (Lipinski definition) is 7. The highest BCUT2D eigenvalue weighted by Crippen LogP contribution is 2.28. The van der Waals surface area contributed by atoms with Crippen LogP contribution in [0.25, 0.3) is 16.7 Å². The summed E-state index contributed by atoms with van der Waals surface area (Å²) in [6.45, 7) is 1.90. The lowest BCUT2D eigenvalue weighted by molar-refractivity contribution is 0.411. The van der Waals surface area contributed by atoms with E-state index < -0.39 is 0 Å². The number of benzene rings is 1. The summed E-state index contributed by atoms with van der Waals surface area (Å²) in [6.07, 6.45) is 2.99. The smallest absolute Gasteiger partial charge is 0.254 e. The van der Waals surface area contributed by atoms with E-state index in [0.717, 1.165) is 11.1 Å². The normalized spacial score (nSPS) is 12.1. The van der Waals surface area contributed by atoms with Gasteiger partial charge in [-0.25, -0.2) is 4.98 Å². The quantitative estimate of drug-likeness (QED) is 0.532. The summed E-state index contributed by atoms with van der Waals surface area (Å²) < 4.78 is 6.96. The first-order valence-electron chi connectivity index (χ1n) is 8.41. The van der Waals surface area contributed by atoms with E-state index in [1.807, 2.05) is 25.1 Å². The molecule has 0 bridgehead atoms. The number of methoxy groups -OCH3 is 1. The van der Waals surface area contributed by atoms with Crippen LogP contribution in [0.2, 0.25) is 5.02 Å². The van der Waals surface area contributed by atoms with Gasteiger partial charge in [0.1, 0.15) is 23.4 Å². The van der Waals surface area contributed by atoms with Gasteiger partial charge in [-0.2, -0.15) is 4.68 Å². The Bertz CT molecular complexity index is 1190. The minimum atomic E-state index is -0.268. The Kier molecular flexibility index (Phi) is 4.66. The summed E-state index contributed by atoms with van der Waals surface area (Å²) in [7, 11) is 1.57. The topological polar surface area (TPSA) is 111 Å². The minimum absolute atomic E-state index is 0.209. The third kappa shape index (κ3) is 3.39. The van der Waals surface area contributed by atoms with Crippen LogP contribution in [0.3, 0.4) is 0 Å². The summed E-state index contributed by atoms with van der Waals surface area (Å²) in [6, 6.07) is 8.80. The van der Waals surface area contributed by atoms with Gasteiger partial charge in [0.25, 0.3) is 5.56 Å². The van der Waals surface area contributed by atoms with Gasteiger partial charge in [-0.05, 0) is 41.6 Å². The SMILES string of the molecule is COc1cc(NC(C)c2cc3cc(Cl)cnc3[nH]c2=O)ccc1-n1cnnn1. The molecule has 0 aliphatic heterocycles. The molecule has 0 saturated heterocycles. The zero-order valence-corrected chi connectivity index (χ0v) is 15.8. The summed E-state index contributed by atoms with van der Waals surface area (Å²) in [5, 5.41) is 15.7. The molecule has 3 heterocycles. The van der Waals surface area contributed by atoms with Crippen LogP contribution in [0.4, 0.5) is 5.69 Å². The van der Waals surface area contributed by atoms with Crippen LogP contribution in [0.5, 0.6) is 5.75 Å². The highest BCUT2D eigenvalue weighted by molar-refractivity contribution is 6.31. The molecular formula is C18H16ClN7O2. The molecule has 3 aromatic heterocycles. The molecule has 142 valence electrons. The Morgan fingerprint density at radius 2 is 2.14 bits per heavy atom. The van der Waals surface area contributed by atoms with Crippen molar-refractivity contribution in [2.24, 2.45) is 0 Å². The Morgan fingerprint density at radius 3 is 2.89 bits per heavy atom. The summed E-state index contributed by atoms with van der Waals surface area (Å²) >= 11 is 6.01. The van der Waals surface area contributed by atoms with Crippen molar-refractivity contribution in [3.63, 3.8) is 0 Å². The number of nitrogens with zero attached hydrogens (tertiary/aromatic N) is 5. The molecule has 0 fully saturated rings. The van der Waals surface area contributed by atoms with Gasteiger partial charge in [0.2, 0.25) is 0 Å². The van der Waals surface area contributed by atoms with Gasteiger partial charge >= 0.3 is 0 Å². The van der Waals surface area contributed by atoms with E-state index in [1.165, 1.54) is 17.2 Å². The number of rotatable bonds is 5. The molecule has 1 aromatic carbocycles. The van der Waals surface area contributed by atoms with Crippen molar-refractivity contribution in [2.75, 3.05) is 12.4 Å². The van der Waals surface area contributed by atoms with Gasteiger partial charge in [-0.15, -0.1) is 5.10 Å². The molecule has 0 saturated carbocycles. The zero-order valence-electron chi connectivity index (χ0n) is 15.0. The molecule has 0 amide bonds. The fraction of sp³-hybridized carbons (Fsp3) is 0.167. The molecule has 4 aromatic rings. The summed E-state index contributed by atoms with van der Waals surface area (Å²) in [5.74, 6) is 0.591. The molecule has 1 unspecified atom stereocenters. The number of anilines is 1. The van der Waals surface area contributed by atoms with E-state index in [1.54, 1.807) is 19.2 Å². The predicted octanol–water partition coefficient (Wildman–Crippen LogP) is 2.73. The van der Waals surface area contributed by atoms with Gasteiger partial charge in [0.05, 0.1) is 18.2 Å².